The number of fused-ring (bicyclic) bond motifs is 7. The summed E-state index contributed by atoms with van der Waals surface area (Å²) in [6, 6.07) is 0. The van der Waals surface area contributed by atoms with Crippen LogP contribution in [0.4, 0.5) is 4.39 Å². The summed E-state index contributed by atoms with van der Waals surface area (Å²) in [6.07, 6.45) is 7.62. The number of hydrogen-bond acceptors (Lipinski definition) is 5. The van der Waals surface area contributed by atoms with Crippen LogP contribution in [0.2, 0.25) is 0 Å². The molecule has 4 aliphatic carbocycles. The van der Waals surface area contributed by atoms with Crippen molar-refractivity contribution in [1.82, 2.24) is 0 Å². The minimum absolute atomic E-state index is 0.0547. The molecular formula is C26H37FO4S. The van der Waals surface area contributed by atoms with E-state index in [1.54, 1.807) is 23.9 Å². The van der Waals surface area contributed by atoms with Gasteiger partial charge in [-0.05, 0) is 57.1 Å². The quantitative estimate of drug-likeness (QED) is 0.608. The van der Waals surface area contributed by atoms with E-state index in [1.165, 1.54) is 6.08 Å². The van der Waals surface area contributed by atoms with Crippen LogP contribution in [0.1, 0.15) is 73.1 Å². The van der Waals surface area contributed by atoms with E-state index in [1.807, 2.05) is 6.92 Å². The number of ether oxygens (including phenoxy) is 2. The second-order valence-corrected chi connectivity index (χ2v) is 13.1. The van der Waals surface area contributed by atoms with Crippen LogP contribution >= 0.6 is 11.8 Å². The predicted molar refractivity (Wildman–Crippen MR) is 124 cm³/mol. The third kappa shape index (κ3) is 2.76. The highest BCUT2D eigenvalue weighted by atomic mass is 32.2. The standard InChI is InChI=1S/C26H37FO4S/c1-6-7-22-30-21-13-19-18-9-8-16-12-17(28)10-11-23(16,4)25(18,27)20(29)14-24(19,5)26(21,31-22)32-15(2)3/h10-12,15,18-22,29H,6-9,13-14H2,1-5H3/t18-,19-,20-,21+,22+,23-,24-,25-,26-/m0/s1. The van der Waals surface area contributed by atoms with Gasteiger partial charge in [0.2, 0.25) is 0 Å². The molecule has 5 aliphatic rings. The maximum Gasteiger partial charge on any atom is 0.178 e. The zero-order chi connectivity index (χ0) is 23.1. The molecule has 0 spiro atoms. The Labute approximate surface area is 195 Å². The van der Waals surface area contributed by atoms with E-state index in [0.717, 1.165) is 24.8 Å². The van der Waals surface area contributed by atoms with Crippen molar-refractivity contribution in [3.8, 4) is 0 Å². The molecule has 6 heteroatoms. The SMILES string of the molecule is CCC[C@@H]1O[C@@H]2C[C@H]3[C@@H]4CCC5=CC(=O)C=C[C@]5(C)[C@@]4(F)[C@@H](O)C[C@]3(C)[C@]2(SC(C)C)O1. The number of thioether (sulfide) groups is 1. The number of halogens is 1. The Morgan fingerprint density at radius 1 is 1.31 bits per heavy atom. The van der Waals surface area contributed by atoms with E-state index in [9.17, 15) is 9.90 Å². The molecule has 0 aromatic heterocycles. The largest absolute Gasteiger partial charge is 0.390 e. The molecule has 1 N–H and O–H groups in total. The summed E-state index contributed by atoms with van der Waals surface area (Å²) in [4.78, 5) is 11.5. The molecule has 0 unspecified atom stereocenters. The smallest absolute Gasteiger partial charge is 0.178 e. The Morgan fingerprint density at radius 2 is 2.06 bits per heavy atom. The zero-order valence-electron chi connectivity index (χ0n) is 19.9. The van der Waals surface area contributed by atoms with Gasteiger partial charge in [-0.15, -0.1) is 11.8 Å². The van der Waals surface area contributed by atoms with Crippen molar-refractivity contribution < 1.29 is 23.8 Å². The van der Waals surface area contributed by atoms with Crippen LogP contribution in [0.5, 0.6) is 0 Å². The maximum absolute atomic E-state index is 17.3. The second-order valence-electron chi connectivity index (χ2n) is 11.3. The number of carbonyl (C=O) groups excluding carboxylic acids is 1. The lowest BCUT2D eigenvalue weighted by Gasteiger charge is -2.63. The van der Waals surface area contributed by atoms with Crippen LogP contribution < -0.4 is 0 Å². The zero-order valence-corrected chi connectivity index (χ0v) is 20.7. The van der Waals surface area contributed by atoms with Gasteiger partial charge in [-0.3, -0.25) is 4.79 Å². The van der Waals surface area contributed by atoms with Gasteiger partial charge in [-0.25, -0.2) is 4.39 Å². The summed E-state index contributed by atoms with van der Waals surface area (Å²) in [5, 5.41) is 11.9. The van der Waals surface area contributed by atoms with Gasteiger partial charge in [0.15, 0.2) is 17.7 Å². The first-order chi connectivity index (χ1) is 15.0. The maximum atomic E-state index is 17.3. The van der Waals surface area contributed by atoms with Crippen molar-refractivity contribution in [2.24, 2.45) is 22.7 Å². The fourth-order valence-electron chi connectivity index (χ4n) is 7.86. The minimum Gasteiger partial charge on any atom is -0.390 e. The molecule has 32 heavy (non-hydrogen) atoms. The van der Waals surface area contributed by atoms with Gasteiger partial charge in [-0.1, -0.05) is 45.8 Å². The highest BCUT2D eigenvalue weighted by Gasteiger charge is 2.77. The summed E-state index contributed by atoms with van der Waals surface area (Å²) >= 11 is 1.81. The van der Waals surface area contributed by atoms with Crippen LogP contribution in [-0.2, 0) is 14.3 Å². The van der Waals surface area contributed by atoms with Crippen molar-refractivity contribution in [1.29, 1.82) is 0 Å². The summed E-state index contributed by atoms with van der Waals surface area (Å²) in [5.74, 6) is -0.330. The lowest BCUT2D eigenvalue weighted by Crippen LogP contribution is -2.68. The topological polar surface area (TPSA) is 55.8 Å². The van der Waals surface area contributed by atoms with Crippen LogP contribution in [0, 0.1) is 22.7 Å². The summed E-state index contributed by atoms with van der Waals surface area (Å²) in [7, 11) is 0. The molecule has 0 aromatic carbocycles. The van der Waals surface area contributed by atoms with E-state index in [-0.39, 0.29) is 35.4 Å². The summed E-state index contributed by atoms with van der Waals surface area (Å²) < 4.78 is 30.5. The molecule has 9 atom stereocenters. The van der Waals surface area contributed by atoms with Gasteiger partial charge < -0.3 is 14.6 Å². The third-order valence-corrected chi connectivity index (χ3v) is 10.9. The number of ketones is 1. The molecule has 0 bridgehead atoms. The highest BCUT2D eigenvalue weighted by Crippen LogP contribution is 2.74. The van der Waals surface area contributed by atoms with Crippen molar-refractivity contribution in [2.75, 3.05) is 0 Å². The predicted octanol–water partition coefficient (Wildman–Crippen LogP) is 5.35. The first-order valence-corrected chi connectivity index (χ1v) is 13.2. The monoisotopic (exact) mass is 464 g/mol. The number of allylic oxidation sites excluding steroid dienone is 4. The highest BCUT2D eigenvalue weighted by molar-refractivity contribution is 8.01. The van der Waals surface area contributed by atoms with E-state index in [0.29, 0.717) is 24.5 Å². The Balaban J connectivity index is 1.57. The Hall–Kier alpha value is -0.690. The lowest BCUT2D eigenvalue weighted by atomic mass is 9.45. The minimum atomic E-state index is -1.80. The average molecular weight is 465 g/mol. The van der Waals surface area contributed by atoms with Crippen LogP contribution in [0.25, 0.3) is 0 Å². The van der Waals surface area contributed by atoms with Crippen LogP contribution in [0.3, 0.4) is 0 Å². The average Bonchev–Trinajstić information content (AvgIpc) is 3.15. The Kier molecular flexibility index (Phi) is 5.34. The number of aliphatic hydroxyl groups excluding tert-OH is 1. The molecule has 3 saturated carbocycles. The summed E-state index contributed by atoms with van der Waals surface area (Å²) in [6.45, 7) is 10.6. The Bertz CT molecular complexity index is 872. The van der Waals surface area contributed by atoms with Gasteiger partial charge in [0.05, 0.1) is 6.10 Å². The number of rotatable bonds is 4. The molecule has 0 aromatic rings. The van der Waals surface area contributed by atoms with E-state index >= 15 is 4.39 Å². The van der Waals surface area contributed by atoms with Crippen molar-refractivity contribution >= 4 is 17.5 Å². The first kappa shape index (κ1) is 23.1. The third-order valence-electron chi connectivity index (χ3n) is 9.28. The number of hydrogen-bond donors (Lipinski definition) is 1. The number of carbonyl (C=O) groups is 1. The van der Waals surface area contributed by atoms with Gasteiger partial charge >= 0.3 is 0 Å². The van der Waals surface area contributed by atoms with Gasteiger partial charge in [-0.2, -0.15) is 0 Å². The van der Waals surface area contributed by atoms with Crippen molar-refractivity contribution in [3.05, 3.63) is 23.8 Å². The molecule has 0 radical (unpaired) electrons. The summed E-state index contributed by atoms with van der Waals surface area (Å²) in [5.41, 5.74) is -2.32. The molecule has 0 amide bonds. The number of aliphatic hydroxyl groups is 1. The second kappa shape index (κ2) is 7.40. The molecule has 4 nitrogen and oxygen atoms in total. The molecule has 1 heterocycles. The number of alkyl halides is 1. The van der Waals surface area contributed by atoms with E-state index < -0.39 is 22.1 Å². The fraction of sp³-hybridized carbons (Fsp3) is 0.808. The molecule has 1 saturated heterocycles. The Morgan fingerprint density at radius 3 is 2.75 bits per heavy atom. The van der Waals surface area contributed by atoms with Crippen LogP contribution in [0.15, 0.2) is 23.8 Å². The fourth-order valence-corrected chi connectivity index (χ4v) is 9.53. The van der Waals surface area contributed by atoms with Crippen molar-refractivity contribution in [3.63, 3.8) is 0 Å². The molecule has 1 aliphatic heterocycles. The lowest BCUT2D eigenvalue weighted by molar-refractivity contribution is -0.217. The van der Waals surface area contributed by atoms with E-state index in [2.05, 4.69) is 27.7 Å². The van der Waals surface area contributed by atoms with Gasteiger partial charge in [0, 0.05) is 22.0 Å². The van der Waals surface area contributed by atoms with Crippen LogP contribution in [-0.4, -0.2) is 45.2 Å². The van der Waals surface area contributed by atoms with Gasteiger partial charge in [0.25, 0.3) is 0 Å². The van der Waals surface area contributed by atoms with Gasteiger partial charge in [0.1, 0.15) is 11.0 Å². The molecule has 178 valence electrons. The normalized spacial score (nSPS) is 51.8. The first-order valence-electron chi connectivity index (χ1n) is 12.3. The van der Waals surface area contributed by atoms with Crippen molar-refractivity contribution in [2.45, 2.75) is 107 Å². The molecular weight excluding hydrogens is 427 g/mol. The van der Waals surface area contributed by atoms with E-state index in [4.69, 9.17) is 9.47 Å². The molecule has 5 rings (SSSR count). The molecule has 4 fully saturated rings.